The van der Waals surface area contributed by atoms with Crippen molar-refractivity contribution < 1.29 is 0 Å². The summed E-state index contributed by atoms with van der Waals surface area (Å²) in [4.78, 5) is 4.20. The van der Waals surface area contributed by atoms with Crippen molar-refractivity contribution in [1.29, 1.82) is 0 Å². The van der Waals surface area contributed by atoms with Gasteiger partial charge in [-0.05, 0) is 49.0 Å². The van der Waals surface area contributed by atoms with E-state index in [-0.39, 0.29) is 0 Å². The average molecular weight is 312 g/mol. The van der Waals surface area contributed by atoms with Crippen LogP contribution in [0.1, 0.15) is 5.56 Å². The van der Waals surface area contributed by atoms with Crippen LogP contribution in [-0.4, -0.2) is 10.1 Å². The fraction of sp³-hybridized carbons (Fsp3) is 0.0769. The van der Waals surface area contributed by atoms with Crippen molar-refractivity contribution in [3.8, 4) is 0 Å². The van der Waals surface area contributed by atoms with E-state index in [1.54, 1.807) is 24.4 Å². The van der Waals surface area contributed by atoms with Gasteiger partial charge in [-0.25, -0.2) is 4.98 Å². The zero-order chi connectivity index (χ0) is 13.8. The van der Waals surface area contributed by atoms with Crippen LogP contribution >= 0.6 is 35.4 Å². The number of aromatic nitrogens is 1. The smallest absolute Gasteiger partial charge is 0.176 e. The highest BCUT2D eigenvalue weighted by atomic mass is 35.5. The Balaban J connectivity index is 2.05. The molecule has 0 radical (unpaired) electrons. The third-order valence-electron chi connectivity index (χ3n) is 2.33. The minimum absolute atomic E-state index is 0.403. The van der Waals surface area contributed by atoms with Crippen molar-refractivity contribution >= 4 is 52.0 Å². The van der Waals surface area contributed by atoms with Crippen molar-refractivity contribution in [3.05, 3.63) is 52.1 Å². The first-order chi connectivity index (χ1) is 9.04. The molecular formula is C13H11Cl2N3S. The van der Waals surface area contributed by atoms with Gasteiger partial charge in [0.05, 0.1) is 10.7 Å². The van der Waals surface area contributed by atoms with E-state index in [1.165, 1.54) is 0 Å². The minimum atomic E-state index is 0.403. The fourth-order valence-corrected chi connectivity index (χ4v) is 1.96. The maximum absolute atomic E-state index is 6.04. The predicted octanol–water partition coefficient (Wildman–Crippen LogP) is 4.51. The van der Waals surface area contributed by atoms with E-state index >= 15 is 0 Å². The third kappa shape index (κ3) is 4.06. The Morgan fingerprint density at radius 3 is 2.63 bits per heavy atom. The number of pyridine rings is 1. The van der Waals surface area contributed by atoms with Crippen LogP contribution in [0.15, 0.2) is 36.5 Å². The minimum Gasteiger partial charge on any atom is -0.331 e. The molecule has 1 heterocycles. The third-order valence-corrected chi connectivity index (χ3v) is 3.10. The molecule has 0 spiro atoms. The van der Waals surface area contributed by atoms with E-state index in [0.717, 1.165) is 5.56 Å². The van der Waals surface area contributed by atoms with E-state index < -0.39 is 0 Å². The summed E-state index contributed by atoms with van der Waals surface area (Å²) in [7, 11) is 0. The summed E-state index contributed by atoms with van der Waals surface area (Å²) in [5.74, 6) is 0.668. The second-order valence-corrected chi connectivity index (χ2v) is 5.18. The van der Waals surface area contributed by atoms with Gasteiger partial charge in [0.1, 0.15) is 5.82 Å². The second-order valence-electron chi connectivity index (χ2n) is 3.92. The number of hydrogen-bond acceptors (Lipinski definition) is 2. The summed E-state index contributed by atoms with van der Waals surface area (Å²) in [6, 6.07) is 8.93. The molecule has 1 aromatic heterocycles. The molecule has 0 amide bonds. The molecule has 0 aliphatic rings. The topological polar surface area (TPSA) is 37.0 Å². The van der Waals surface area contributed by atoms with Gasteiger partial charge in [0, 0.05) is 11.2 Å². The van der Waals surface area contributed by atoms with E-state index in [0.29, 0.717) is 26.7 Å². The van der Waals surface area contributed by atoms with Crippen molar-refractivity contribution in [2.24, 2.45) is 0 Å². The highest BCUT2D eigenvalue weighted by Crippen LogP contribution is 2.25. The number of benzene rings is 1. The highest BCUT2D eigenvalue weighted by Gasteiger charge is 2.04. The Labute approximate surface area is 127 Å². The average Bonchev–Trinajstić information content (AvgIpc) is 2.37. The van der Waals surface area contributed by atoms with E-state index in [9.17, 15) is 0 Å². The molecule has 98 valence electrons. The van der Waals surface area contributed by atoms with Crippen LogP contribution in [-0.2, 0) is 0 Å². The van der Waals surface area contributed by atoms with E-state index in [1.807, 2.05) is 19.1 Å². The van der Waals surface area contributed by atoms with Gasteiger partial charge in [-0.15, -0.1) is 0 Å². The first-order valence-corrected chi connectivity index (χ1v) is 6.67. The monoisotopic (exact) mass is 311 g/mol. The van der Waals surface area contributed by atoms with Gasteiger partial charge >= 0.3 is 0 Å². The molecular weight excluding hydrogens is 301 g/mol. The Morgan fingerprint density at radius 1 is 1.16 bits per heavy atom. The predicted molar refractivity (Wildman–Crippen MR) is 85.3 cm³/mol. The lowest BCUT2D eigenvalue weighted by molar-refractivity contribution is 1.27. The first-order valence-electron chi connectivity index (χ1n) is 5.50. The van der Waals surface area contributed by atoms with E-state index in [2.05, 4.69) is 15.6 Å². The fourth-order valence-electron chi connectivity index (χ4n) is 1.40. The Kier molecular flexibility index (Phi) is 4.58. The summed E-state index contributed by atoms with van der Waals surface area (Å²) < 4.78 is 0. The number of halogens is 2. The number of hydrogen-bond donors (Lipinski definition) is 2. The van der Waals surface area contributed by atoms with Crippen LogP contribution < -0.4 is 10.6 Å². The summed E-state index contributed by atoms with van der Waals surface area (Å²) in [5.41, 5.74) is 1.74. The molecule has 19 heavy (non-hydrogen) atoms. The number of nitrogens with zero attached hydrogens (tertiary/aromatic N) is 1. The molecule has 0 atom stereocenters. The molecule has 3 nitrogen and oxygen atoms in total. The van der Waals surface area contributed by atoms with Gasteiger partial charge in [0.2, 0.25) is 0 Å². The molecule has 0 aliphatic carbocycles. The first kappa shape index (κ1) is 14.1. The molecule has 2 aromatic rings. The molecule has 0 unspecified atom stereocenters. The lowest BCUT2D eigenvalue weighted by atomic mass is 10.3. The molecule has 1 aromatic carbocycles. The Bertz CT molecular complexity index is 599. The van der Waals surface area contributed by atoms with Crippen LogP contribution in [0.3, 0.4) is 0 Å². The van der Waals surface area contributed by atoms with E-state index in [4.69, 9.17) is 35.4 Å². The lowest BCUT2D eigenvalue weighted by Crippen LogP contribution is -2.19. The number of rotatable bonds is 2. The standard InChI is InChI=1S/C13H11Cl2N3S/c1-8-2-5-12(16-7-8)18-13(19)17-11-6-9(14)3-4-10(11)15/h2-7H,1H3,(H2,16,17,18,19). The molecule has 0 aliphatic heterocycles. The zero-order valence-electron chi connectivity index (χ0n) is 10.1. The largest absolute Gasteiger partial charge is 0.331 e. The Hall–Kier alpha value is -1.36. The Morgan fingerprint density at radius 2 is 1.95 bits per heavy atom. The number of nitrogens with one attached hydrogen (secondary N) is 2. The maximum Gasteiger partial charge on any atom is 0.176 e. The van der Waals surface area contributed by atoms with Crippen molar-refractivity contribution in [2.45, 2.75) is 6.92 Å². The SMILES string of the molecule is Cc1ccc(NC(=S)Nc2cc(Cl)ccc2Cl)nc1. The summed E-state index contributed by atoms with van der Waals surface area (Å²) in [5, 5.41) is 7.49. The summed E-state index contributed by atoms with van der Waals surface area (Å²) in [6.45, 7) is 1.97. The van der Waals surface area contributed by atoms with Crippen LogP contribution in [0.4, 0.5) is 11.5 Å². The molecule has 0 bridgehead atoms. The van der Waals surface area contributed by atoms with Crippen LogP contribution in [0.5, 0.6) is 0 Å². The van der Waals surface area contributed by atoms with Gasteiger partial charge in [-0.1, -0.05) is 29.3 Å². The lowest BCUT2D eigenvalue weighted by Gasteiger charge is -2.11. The van der Waals surface area contributed by atoms with Crippen LogP contribution in [0.2, 0.25) is 10.0 Å². The molecule has 0 saturated heterocycles. The molecule has 2 rings (SSSR count). The molecule has 2 N–H and O–H groups in total. The normalized spacial score (nSPS) is 10.1. The van der Waals surface area contributed by atoms with Gasteiger partial charge in [-0.2, -0.15) is 0 Å². The number of anilines is 2. The summed E-state index contributed by atoms with van der Waals surface area (Å²) >= 11 is 17.1. The van der Waals surface area contributed by atoms with Gasteiger partial charge < -0.3 is 10.6 Å². The van der Waals surface area contributed by atoms with Crippen molar-refractivity contribution in [2.75, 3.05) is 10.6 Å². The number of thiocarbonyl (C=S) groups is 1. The quantitative estimate of drug-likeness (QED) is 0.800. The van der Waals surface area contributed by atoms with Crippen molar-refractivity contribution in [3.63, 3.8) is 0 Å². The van der Waals surface area contributed by atoms with Gasteiger partial charge in [-0.3, -0.25) is 0 Å². The second kappa shape index (κ2) is 6.19. The van der Waals surface area contributed by atoms with Crippen LogP contribution in [0, 0.1) is 6.92 Å². The molecule has 0 saturated carbocycles. The number of aryl methyl sites for hydroxylation is 1. The van der Waals surface area contributed by atoms with Gasteiger partial charge in [0.25, 0.3) is 0 Å². The summed E-state index contributed by atoms with van der Waals surface area (Å²) in [6.07, 6.45) is 1.76. The van der Waals surface area contributed by atoms with Crippen molar-refractivity contribution in [1.82, 2.24) is 4.98 Å². The zero-order valence-corrected chi connectivity index (χ0v) is 12.4. The van der Waals surface area contributed by atoms with Gasteiger partial charge in [0.15, 0.2) is 5.11 Å². The highest BCUT2D eigenvalue weighted by molar-refractivity contribution is 7.80. The van der Waals surface area contributed by atoms with Crippen LogP contribution in [0.25, 0.3) is 0 Å². The molecule has 6 heteroatoms. The maximum atomic E-state index is 6.04. The molecule has 0 fully saturated rings.